The minimum absolute atomic E-state index is 0. The zero-order valence-electron chi connectivity index (χ0n) is 27.3. The first-order chi connectivity index (χ1) is 19.0. The molecule has 6 heteroatoms. The van der Waals surface area contributed by atoms with Crippen LogP contribution < -0.4 is 51.4 Å². The van der Waals surface area contributed by atoms with Gasteiger partial charge in [-0.2, -0.15) is 0 Å². The summed E-state index contributed by atoms with van der Waals surface area (Å²) in [5, 5.41) is 0. The monoisotopic (exact) mass is 610 g/mol. The van der Waals surface area contributed by atoms with Crippen molar-refractivity contribution in [3.05, 3.63) is 12.2 Å². The van der Waals surface area contributed by atoms with Crippen molar-refractivity contribution in [1.29, 1.82) is 0 Å². The van der Waals surface area contributed by atoms with E-state index in [-0.39, 0.29) is 63.9 Å². The molecule has 0 heterocycles. The summed E-state index contributed by atoms with van der Waals surface area (Å²) in [7, 11) is -4.62. The van der Waals surface area contributed by atoms with Crippen LogP contribution in [-0.2, 0) is 14.6 Å². The standard InChI is InChI=1S/C34H68O4S.K/c1-3-5-7-9-11-13-15-17-18-19-20-22-24-26-28-30-32-34(33-38-39(35,36)37)31-29-27-25-23-21-16-14-12-10-8-6-4-2;/h29,31,34H,3-28,30,32-33H2,1-2H3,(H,35,36,37);/q;+1/p-1/b31-29+;. The fourth-order valence-electron chi connectivity index (χ4n) is 5.40. The first kappa shape index (κ1) is 43.4. The Labute approximate surface area is 294 Å². The summed E-state index contributed by atoms with van der Waals surface area (Å²) in [4.78, 5) is 0. The molecule has 0 N–H and O–H groups in total. The average molecular weight is 611 g/mol. The predicted octanol–water partition coefficient (Wildman–Crippen LogP) is 8.60. The molecular weight excluding hydrogens is 544 g/mol. The third-order valence-corrected chi connectivity index (χ3v) is 8.41. The molecule has 0 rings (SSSR count). The number of hydrogen-bond acceptors (Lipinski definition) is 4. The SMILES string of the molecule is CCCCCCCCCCCC/C=C/C(CCCCCCCCCCCCCCCCCC)COS(=O)(=O)[O-].[K+]. The Morgan fingerprint density at radius 3 is 1.23 bits per heavy atom. The van der Waals surface area contributed by atoms with Gasteiger partial charge >= 0.3 is 51.4 Å². The van der Waals surface area contributed by atoms with Crippen LogP contribution in [0.1, 0.15) is 194 Å². The molecule has 1 atom stereocenters. The summed E-state index contributed by atoms with van der Waals surface area (Å²) in [5.74, 6) is 0.0171. The molecule has 0 spiro atoms. The summed E-state index contributed by atoms with van der Waals surface area (Å²) in [6.45, 7) is 4.52. The van der Waals surface area contributed by atoms with E-state index < -0.39 is 10.4 Å². The van der Waals surface area contributed by atoms with E-state index >= 15 is 0 Å². The fraction of sp³-hybridized carbons (Fsp3) is 0.941. The maximum Gasteiger partial charge on any atom is 1.00 e. The Hall–Kier alpha value is 1.25. The van der Waals surface area contributed by atoms with Crippen LogP contribution in [0.15, 0.2) is 12.2 Å². The Morgan fingerprint density at radius 2 is 0.875 bits per heavy atom. The van der Waals surface area contributed by atoms with Crippen molar-refractivity contribution < 1.29 is 68.5 Å². The van der Waals surface area contributed by atoms with E-state index in [9.17, 15) is 13.0 Å². The molecule has 0 aliphatic rings. The second-order valence-electron chi connectivity index (χ2n) is 11.9. The van der Waals surface area contributed by atoms with Crippen LogP contribution >= 0.6 is 0 Å². The molecule has 1 unspecified atom stereocenters. The Bertz CT molecular complexity index is 609. The van der Waals surface area contributed by atoms with Gasteiger partial charge in [-0.25, -0.2) is 8.42 Å². The average Bonchev–Trinajstić information content (AvgIpc) is 2.91. The number of allylic oxidation sites excluding steroid dienone is 1. The maximum absolute atomic E-state index is 10.9. The molecular formula is C34H67KO4S. The van der Waals surface area contributed by atoms with Gasteiger partial charge in [0.25, 0.3) is 0 Å². The van der Waals surface area contributed by atoms with Crippen LogP contribution in [0.4, 0.5) is 0 Å². The van der Waals surface area contributed by atoms with Crippen LogP contribution in [-0.4, -0.2) is 19.6 Å². The maximum atomic E-state index is 10.9. The van der Waals surface area contributed by atoms with Crippen molar-refractivity contribution >= 4 is 10.4 Å². The van der Waals surface area contributed by atoms with Crippen LogP contribution in [0, 0.1) is 5.92 Å². The van der Waals surface area contributed by atoms with E-state index in [0.29, 0.717) is 0 Å². The van der Waals surface area contributed by atoms with Gasteiger partial charge in [-0.1, -0.05) is 187 Å². The number of rotatable bonds is 32. The molecule has 0 aromatic rings. The molecule has 0 aliphatic carbocycles. The summed E-state index contributed by atoms with van der Waals surface area (Å²) in [6.07, 6.45) is 40.9. The van der Waals surface area contributed by atoms with Crippen molar-refractivity contribution in [2.45, 2.75) is 194 Å². The molecule has 40 heavy (non-hydrogen) atoms. The molecule has 0 bridgehead atoms. The van der Waals surface area contributed by atoms with Crippen molar-refractivity contribution in [1.82, 2.24) is 0 Å². The van der Waals surface area contributed by atoms with Gasteiger partial charge in [-0.15, -0.1) is 0 Å². The van der Waals surface area contributed by atoms with Gasteiger partial charge < -0.3 is 4.55 Å². The topological polar surface area (TPSA) is 66.4 Å². The fourth-order valence-corrected chi connectivity index (χ4v) is 5.74. The summed E-state index contributed by atoms with van der Waals surface area (Å²) >= 11 is 0. The van der Waals surface area contributed by atoms with Crippen molar-refractivity contribution in [3.8, 4) is 0 Å². The largest absolute Gasteiger partial charge is 1.00 e. The van der Waals surface area contributed by atoms with Crippen LogP contribution in [0.5, 0.6) is 0 Å². The van der Waals surface area contributed by atoms with Gasteiger partial charge in [0, 0.05) is 5.92 Å². The van der Waals surface area contributed by atoms with Crippen LogP contribution in [0.2, 0.25) is 0 Å². The first-order valence-electron chi connectivity index (χ1n) is 17.3. The molecule has 0 saturated carbocycles. The van der Waals surface area contributed by atoms with Gasteiger partial charge in [-0.3, -0.25) is 4.18 Å². The predicted molar refractivity (Wildman–Crippen MR) is 169 cm³/mol. The van der Waals surface area contributed by atoms with Gasteiger partial charge in [0.2, 0.25) is 10.4 Å². The Morgan fingerprint density at radius 1 is 0.550 bits per heavy atom. The molecule has 0 aromatic heterocycles. The van der Waals surface area contributed by atoms with E-state index in [0.717, 1.165) is 19.3 Å². The minimum Gasteiger partial charge on any atom is -0.726 e. The molecule has 0 aliphatic heterocycles. The van der Waals surface area contributed by atoms with Crippen molar-refractivity contribution in [2.75, 3.05) is 6.61 Å². The minimum atomic E-state index is -4.62. The molecule has 0 radical (unpaired) electrons. The summed E-state index contributed by atoms with van der Waals surface area (Å²) in [5.41, 5.74) is 0. The first-order valence-corrected chi connectivity index (χ1v) is 18.6. The van der Waals surface area contributed by atoms with Gasteiger partial charge in [-0.05, 0) is 19.3 Å². The zero-order chi connectivity index (χ0) is 28.7. The molecule has 0 amide bonds. The van der Waals surface area contributed by atoms with E-state index in [4.69, 9.17) is 0 Å². The number of hydrogen-bond donors (Lipinski definition) is 0. The van der Waals surface area contributed by atoms with Crippen molar-refractivity contribution in [2.24, 2.45) is 5.92 Å². The summed E-state index contributed by atoms with van der Waals surface area (Å²) in [6, 6.07) is 0. The van der Waals surface area contributed by atoms with Crippen LogP contribution in [0.3, 0.4) is 0 Å². The summed E-state index contributed by atoms with van der Waals surface area (Å²) < 4.78 is 37.4. The smallest absolute Gasteiger partial charge is 0.726 e. The molecule has 0 fully saturated rings. The second-order valence-corrected chi connectivity index (χ2v) is 13.0. The quantitative estimate of drug-likeness (QED) is 0.0251. The molecule has 0 aromatic carbocycles. The zero-order valence-corrected chi connectivity index (χ0v) is 31.2. The third-order valence-electron chi connectivity index (χ3n) is 7.99. The Kier molecular flexibility index (Phi) is 37.7. The van der Waals surface area contributed by atoms with E-state index in [1.54, 1.807) is 0 Å². The molecule has 0 saturated heterocycles. The number of unbranched alkanes of at least 4 members (excludes halogenated alkanes) is 25. The molecule has 4 nitrogen and oxygen atoms in total. The normalized spacial score (nSPS) is 12.7. The van der Waals surface area contributed by atoms with Gasteiger partial charge in [0.05, 0.1) is 6.61 Å². The van der Waals surface area contributed by atoms with Crippen molar-refractivity contribution in [3.63, 3.8) is 0 Å². The third kappa shape index (κ3) is 37.3. The van der Waals surface area contributed by atoms with Gasteiger partial charge in [0.1, 0.15) is 0 Å². The van der Waals surface area contributed by atoms with E-state index in [1.807, 2.05) is 0 Å². The second kappa shape index (κ2) is 34.7. The Balaban J connectivity index is 0. The molecule has 234 valence electrons. The van der Waals surface area contributed by atoms with Gasteiger partial charge in [0.15, 0.2) is 0 Å². The van der Waals surface area contributed by atoms with E-state index in [1.165, 1.54) is 161 Å². The van der Waals surface area contributed by atoms with Crippen LogP contribution in [0.25, 0.3) is 0 Å². The van der Waals surface area contributed by atoms with E-state index in [2.05, 4.69) is 30.2 Å².